The van der Waals surface area contributed by atoms with Crippen molar-refractivity contribution in [3.05, 3.63) is 35.4 Å². The second kappa shape index (κ2) is 5.25. The van der Waals surface area contributed by atoms with Gasteiger partial charge in [-0.3, -0.25) is 4.90 Å². The number of carbonyl (C=O) groups excluding carboxylic acids is 1. The number of rotatable bonds is 3. The SMILES string of the molecule is CC(C)(C)N1CC(OC(=O)c2ccccc2C(=O)O)C1. The lowest BCUT2D eigenvalue weighted by Crippen LogP contribution is -2.60. The number of likely N-dealkylation sites (tertiary alicyclic amines) is 1. The molecule has 20 heavy (non-hydrogen) atoms. The summed E-state index contributed by atoms with van der Waals surface area (Å²) in [5.41, 5.74) is 0.140. The van der Waals surface area contributed by atoms with Gasteiger partial charge in [-0.2, -0.15) is 0 Å². The fraction of sp³-hybridized carbons (Fsp3) is 0.467. The zero-order valence-corrected chi connectivity index (χ0v) is 11.9. The maximum absolute atomic E-state index is 12.0. The van der Waals surface area contributed by atoms with E-state index in [9.17, 15) is 9.59 Å². The van der Waals surface area contributed by atoms with Crippen LogP contribution in [0.25, 0.3) is 0 Å². The molecule has 5 nitrogen and oxygen atoms in total. The van der Waals surface area contributed by atoms with Crippen molar-refractivity contribution in [2.45, 2.75) is 32.4 Å². The van der Waals surface area contributed by atoms with Gasteiger partial charge in [-0.25, -0.2) is 9.59 Å². The van der Waals surface area contributed by atoms with Gasteiger partial charge in [-0.05, 0) is 32.9 Å². The second-order valence-electron chi connectivity index (χ2n) is 5.95. The van der Waals surface area contributed by atoms with Gasteiger partial charge < -0.3 is 9.84 Å². The summed E-state index contributed by atoms with van der Waals surface area (Å²) in [6.45, 7) is 7.68. The Labute approximate surface area is 118 Å². The maximum atomic E-state index is 12.0. The Kier molecular flexibility index (Phi) is 3.81. The van der Waals surface area contributed by atoms with Crippen LogP contribution in [0.5, 0.6) is 0 Å². The summed E-state index contributed by atoms with van der Waals surface area (Å²) in [6, 6.07) is 6.10. The zero-order chi connectivity index (χ0) is 14.9. The maximum Gasteiger partial charge on any atom is 0.339 e. The van der Waals surface area contributed by atoms with E-state index in [4.69, 9.17) is 9.84 Å². The van der Waals surface area contributed by atoms with Crippen molar-refractivity contribution in [3.63, 3.8) is 0 Å². The van der Waals surface area contributed by atoms with Crippen molar-refractivity contribution in [2.24, 2.45) is 0 Å². The summed E-state index contributed by atoms with van der Waals surface area (Å²) in [5.74, 6) is -1.69. The minimum Gasteiger partial charge on any atom is -0.478 e. The number of hydrogen-bond acceptors (Lipinski definition) is 4. The molecule has 0 aliphatic carbocycles. The highest BCUT2D eigenvalue weighted by atomic mass is 16.5. The summed E-state index contributed by atoms with van der Waals surface area (Å²) < 4.78 is 5.34. The molecule has 1 aliphatic heterocycles. The molecular formula is C15H19NO4. The molecule has 1 aliphatic rings. The highest BCUT2D eigenvalue weighted by molar-refractivity contribution is 6.02. The molecule has 0 spiro atoms. The molecule has 1 saturated heterocycles. The Morgan fingerprint density at radius 1 is 1.20 bits per heavy atom. The van der Waals surface area contributed by atoms with E-state index in [0.717, 1.165) is 0 Å². The van der Waals surface area contributed by atoms with Crippen molar-refractivity contribution < 1.29 is 19.4 Å². The van der Waals surface area contributed by atoms with Gasteiger partial charge in [0.2, 0.25) is 0 Å². The Balaban J connectivity index is 1.99. The number of carbonyl (C=O) groups is 2. The molecule has 1 fully saturated rings. The molecule has 1 aromatic carbocycles. The monoisotopic (exact) mass is 277 g/mol. The van der Waals surface area contributed by atoms with Crippen molar-refractivity contribution >= 4 is 11.9 Å². The largest absolute Gasteiger partial charge is 0.478 e. The Hall–Kier alpha value is -1.88. The minimum absolute atomic E-state index is 0.0236. The number of carboxylic acid groups (broad SMARTS) is 1. The summed E-state index contributed by atoms with van der Waals surface area (Å²) in [7, 11) is 0. The molecule has 0 amide bonds. The van der Waals surface area contributed by atoms with Gasteiger partial charge in [0.1, 0.15) is 6.10 Å². The molecule has 1 N–H and O–H groups in total. The lowest BCUT2D eigenvalue weighted by atomic mass is 9.99. The normalized spacial score (nSPS) is 16.6. The van der Waals surface area contributed by atoms with Crippen molar-refractivity contribution in [3.8, 4) is 0 Å². The molecule has 108 valence electrons. The van der Waals surface area contributed by atoms with Crippen molar-refractivity contribution in [1.29, 1.82) is 0 Å². The highest BCUT2D eigenvalue weighted by Crippen LogP contribution is 2.24. The third kappa shape index (κ3) is 2.99. The number of esters is 1. The summed E-state index contributed by atoms with van der Waals surface area (Å²) in [5, 5.41) is 9.05. The van der Waals surface area contributed by atoms with Crippen LogP contribution in [0.15, 0.2) is 24.3 Å². The van der Waals surface area contributed by atoms with Gasteiger partial charge in [0, 0.05) is 18.6 Å². The van der Waals surface area contributed by atoms with Crippen LogP contribution < -0.4 is 0 Å². The average molecular weight is 277 g/mol. The highest BCUT2D eigenvalue weighted by Gasteiger charge is 2.37. The molecule has 0 bridgehead atoms. The molecule has 2 rings (SSSR count). The standard InChI is InChI=1S/C15H19NO4/c1-15(2,3)16-8-10(9-16)20-14(19)12-7-5-4-6-11(12)13(17)18/h4-7,10H,8-9H2,1-3H3,(H,17,18). The van der Waals surface area contributed by atoms with E-state index in [1.165, 1.54) is 12.1 Å². The molecule has 5 heteroatoms. The first kappa shape index (κ1) is 14.5. The number of benzene rings is 1. The molecule has 0 saturated carbocycles. The quantitative estimate of drug-likeness (QED) is 0.856. The zero-order valence-electron chi connectivity index (χ0n) is 11.9. The van der Waals surface area contributed by atoms with E-state index in [1.807, 2.05) is 0 Å². The fourth-order valence-corrected chi connectivity index (χ4v) is 2.12. The summed E-state index contributed by atoms with van der Waals surface area (Å²) >= 11 is 0. The number of carboxylic acids is 1. The van der Waals surface area contributed by atoms with E-state index in [-0.39, 0.29) is 22.8 Å². The average Bonchev–Trinajstić information content (AvgIpc) is 2.31. The predicted octanol–water partition coefficient (Wildman–Crippen LogP) is 2.02. The second-order valence-corrected chi connectivity index (χ2v) is 5.95. The number of nitrogens with zero attached hydrogens (tertiary/aromatic N) is 1. The van der Waals surface area contributed by atoms with Crippen LogP contribution in [0, 0.1) is 0 Å². The van der Waals surface area contributed by atoms with Crippen LogP contribution in [0.4, 0.5) is 0 Å². The first-order valence-electron chi connectivity index (χ1n) is 6.57. The third-order valence-corrected chi connectivity index (χ3v) is 3.45. The third-order valence-electron chi connectivity index (χ3n) is 3.45. The van der Waals surface area contributed by atoms with E-state index in [2.05, 4.69) is 25.7 Å². The molecule has 0 atom stereocenters. The first-order valence-corrected chi connectivity index (χ1v) is 6.57. The molecule has 0 aromatic heterocycles. The van der Waals surface area contributed by atoms with Gasteiger partial charge in [0.05, 0.1) is 11.1 Å². The van der Waals surface area contributed by atoms with Crippen LogP contribution in [-0.2, 0) is 4.74 Å². The van der Waals surface area contributed by atoms with Crippen LogP contribution in [0.1, 0.15) is 41.5 Å². The van der Waals surface area contributed by atoms with Crippen molar-refractivity contribution in [1.82, 2.24) is 4.90 Å². The minimum atomic E-state index is -1.12. The van der Waals surface area contributed by atoms with Crippen LogP contribution >= 0.6 is 0 Å². The van der Waals surface area contributed by atoms with Crippen LogP contribution in [0.2, 0.25) is 0 Å². The summed E-state index contributed by atoms with van der Waals surface area (Å²) in [6.07, 6.45) is -0.163. The Morgan fingerprint density at radius 2 is 1.75 bits per heavy atom. The Bertz CT molecular complexity index is 527. The number of ether oxygens (including phenoxy) is 1. The van der Waals surface area contributed by atoms with E-state index in [0.29, 0.717) is 13.1 Å². The molecule has 0 unspecified atom stereocenters. The lowest BCUT2D eigenvalue weighted by molar-refractivity contribution is -0.0646. The Morgan fingerprint density at radius 3 is 2.25 bits per heavy atom. The summed E-state index contributed by atoms with van der Waals surface area (Å²) in [4.78, 5) is 25.3. The lowest BCUT2D eigenvalue weighted by Gasteiger charge is -2.46. The fourth-order valence-electron chi connectivity index (χ4n) is 2.12. The van der Waals surface area contributed by atoms with Gasteiger partial charge in [0.25, 0.3) is 0 Å². The number of aromatic carboxylic acids is 1. The van der Waals surface area contributed by atoms with E-state index < -0.39 is 11.9 Å². The van der Waals surface area contributed by atoms with Crippen LogP contribution in [0.3, 0.4) is 0 Å². The van der Waals surface area contributed by atoms with E-state index in [1.54, 1.807) is 12.1 Å². The molecule has 1 aromatic rings. The van der Waals surface area contributed by atoms with Gasteiger partial charge in [-0.1, -0.05) is 12.1 Å². The van der Waals surface area contributed by atoms with Crippen LogP contribution in [-0.4, -0.2) is 46.7 Å². The molecular weight excluding hydrogens is 258 g/mol. The van der Waals surface area contributed by atoms with Crippen molar-refractivity contribution in [2.75, 3.05) is 13.1 Å². The van der Waals surface area contributed by atoms with E-state index >= 15 is 0 Å². The first-order chi connectivity index (χ1) is 9.29. The van der Waals surface area contributed by atoms with Gasteiger partial charge in [0.15, 0.2) is 0 Å². The molecule has 0 radical (unpaired) electrons. The number of hydrogen-bond donors (Lipinski definition) is 1. The van der Waals surface area contributed by atoms with Gasteiger partial charge >= 0.3 is 11.9 Å². The topological polar surface area (TPSA) is 66.8 Å². The van der Waals surface area contributed by atoms with Gasteiger partial charge in [-0.15, -0.1) is 0 Å². The smallest absolute Gasteiger partial charge is 0.339 e. The predicted molar refractivity (Wildman–Crippen MR) is 73.9 cm³/mol. The molecule has 1 heterocycles.